The van der Waals surface area contributed by atoms with Crippen LogP contribution in [0.3, 0.4) is 0 Å². The van der Waals surface area contributed by atoms with Crippen LogP contribution in [-0.4, -0.2) is 23.2 Å². The van der Waals surface area contributed by atoms with Crippen molar-refractivity contribution < 1.29 is 22.4 Å². The smallest absolute Gasteiger partial charge is 0.282 e. The predicted octanol–water partition coefficient (Wildman–Crippen LogP) is 5.02. The average Bonchev–Trinajstić information content (AvgIpc) is 2.42. The summed E-state index contributed by atoms with van der Waals surface area (Å²) in [6.07, 6.45) is -6.71. The maximum absolute atomic E-state index is 12.6. The van der Waals surface area contributed by atoms with E-state index in [-0.39, 0.29) is 11.5 Å². The third kappa shape index (κ3) is 6.41. The van der Waals surface area contributed by atoms with Crippen LogP contribution in [0.1, 0.15) is 36.0 Å². The zero-order chi connectivity index (χ0) is 15.0. The van der Waals surface area contributed by atoms with Crippen molar-refractivity contribution in [3.8, 4) is 0 Å². The van der Waals surface area contributed by atoms with Crippen molar-refractivity contribution >= 4 is 16.9 Å². The fraction of sp³-hybridized carbons (Fsp3) is 0.500. The Morgan fingerprint density at radius 3 is 2.35 bits per heavy atom. The molecule has 0 aliphatic heterocycles. The Morgan fingerprint density at radius 1 is 1.10 bits per heavy atom. The standard InChI is InChI=1S/C14H16F4OS/c15-12(14(16,17)18)9-5-2-6-10-20-13(19)11-7-3-1-4-8-11/h1,3-4,7-8,12H,2,5-6,9-10H2. The molecular formula is C14H16F4OS. The van der Waals surface area contributed by atoms with Crippen LogP contribution in [0.25, 0.3) is 0 Å². The van der Waals surface area contributed by atoms with Gasteiger partial charge in [0.15, 0.2) is 6.17 Å². The molecule has 0 amide bonds. The van der Waals surface area contributed by atoms with Crippen molar-refractivity contribution in [2.24, 2.45) is 0 Å². The van der Waals surface area contributed by atoms with E-state index in [0.29, 0.717) is 24.2 Å². The first-order valence-electron chi connectivity index (χ1n) is 6.34. The van der Waals surface area contributed by atoms with E-state index in [2.05, 4.69) is 0 Å². The lowest BCUT2D eigenvalue weighted by molar-refractivity contribution is -0.182. The molecule has 1 aromatic rings. The molecule has 6 heteroatoms. The molecule has 0 aliphatic carbocycles. The van der Waals surface area contributed by atoms with Gasteiger partial charge in [0.05, 0.1) is 0 Å². The average molecular weight is 308 g/mol. The van der Waals surface area contributed by atoms with E-state index in [1.807, 2.05) is 6.07 Å². The molecule has 112 valence electrons. The monoisotopic (exact) mass is 308 g/mol. The minimum Gasteiger partial charge on any atom is -0.282 e. The summed E-state index contributed by atoms with van der Waals surface area (Å²) in [5, 5.41) is -0.0516. The predicted molar refractivity (Wildman–Crippen MR) is 72.6 cm³/mol. The second-order valence-corrected chi connectivity index (χ2v) is 5.43. The number of alkyl halides is 4. The van der Waals surface area contributed by atoms with Crippen LogP contribution >= 0.6 is 11.8 Å². The van der Waals surface area contributed by atoms with E-state index in [1.54, 1.807) is 24.3 Å². The van der Waals surface area contributed by atoms with Gasteiger partial charge in [0, 0.05) is 11.3 Å². The first-order chi connectivity index (χ1) is 9.41. The van der Waals surface area contributed by atoms with E-state index in [9.17, 15) is 22.4 Å². The lowest BCUT2D eigenvalue weighted by Crippen LogP contribution is -2.23. The highest BCUT2D eigenvalue weighted by Gasteiger charge is 2.39. The molecule has 1 nitrogen and oxygen atoms in total. The minimum atomic E-state index is -4.75. The molecule has 1 aromatic carbocycles. The number of carbonyl (C=O) groups is 1. The summed E-state index contributed by atoms with van der Waals surface area (Å²) in [7, 11) is 0. The van der Waals surface area contributed by atoms with Gasteiger partial charge >= 0.3 is 6.18 Å². The molecule has 0 saturated carbocycles. The number of unbranched alkanes of at least 4 members (excludes halogenated alkanes) is 2. The number of benzene rings is 1. The highest BCUT2D eigenvalue weighted by molar-refractivity contribution is 8.14. The van der Waals surface area contributed by atoms with Crippen LogP contribution < -0.4 is 0 Å². The van der Waals surface area contributed by atoms with Crippen LogP contribution in [0, 0.1) is 0 Å². The molecule has 1 rings (SSSR count). The molecule has 0 bridgehead atoms. The third-order valence-electron chi connectivity index (χ3n) is 2.70. The summed E-state index contributed by atoms with van der Waals surface area (Å²) in [5.41, 5.74) is 0.610. The second-order valence-electron chi connectivity index (χ2n) is 4.36. The van der Waals surface area contributed by atoms with Gasteiger partial charge < -0.3 is 0 Å². The molecule has 0 aliphatic rings. The highest BCUT2D eigenvalue weighted by Crippen LogP contribution is 2.27. The number of hydrogen-bond donors (Lipinski definition) is 0. The Labute approximate surface area is 119 Å². The van der Waals surface area contributed by atoms with Gasteiger partial charge in [0.1, 0.15) is 0 Å². The number of thioether (sulfide) groups is 1. The molecule has 0 saturated heterocycles. The van der Waals surface area contributed by atoms with Crippen LogP contribution in [0.4, 0.5) is 17.6 Å². The first kappa shape index (κ1) is 17.0. The summed E-state index contributed by atoms with van der Waals surface area (Å²) >= 11 is 1.14. The number of halogens is 4. The van der Waals surface area contributed by atoms with E-state index in [1.165, 1.54) is 0 Å². The molecule has 0 fully saturated rings. The molecule has 0 spiro atoms. The van der Waals surface area contributed by atoms with Crippen molar-refractivity contribution in [3.05, 3.63) is 35.9 Å². The van der Waals surface area contributed by atoms with Crippen molar-refractivity contribution in [2.75, 3.05) is 5.75 Å². The van der Waals surface area contributed by atoms with Crippen molar-refractivity contribution in [3.63, 3.8) is 0 Å². The Balaban J connectivity index is 2.10. The minimum absolute atomic E-state index is 0.0516. The van der Waals surface area contributed by atoms with Gasteiger partial charge in [-0.3, -0.25) is 4.79 Å². The molecular weight excluding hydrogens is 292 g/mol. The van der Waals surface area contributed by atoms with Gasteiger partial charge in [-0.2, -0.15) is 13.2 Å². The van der Waals surface area contributed by atoms with Gasteiger partial charge in [-0.15, -0.1) is 0 Å². The highest BCUT2D eigenvalue weighted by atomic mass is 32.2. The normalized spacial score (nSPS) is 13.2. The van der Waals surface area contributed by atoms with Crippen molar-refractivity contribution in [2.45, 2.75) is 38.0 Å². The first-order valence-corrected chi connectivity index (χ1v) is 7.33. The lowest BCUT2D eigenvalue weighted by atomic mass is 10.1. The van der Waals surface area contributed by atoms with Crippen molar-refractivity contribution in [1.82, 2.24) is 0 Å². The van der Waals surface area contributed by atoms with E-state index in [0.717, 1.165) is 11.8 Å². The summed E-state index contributed by atoms with van der Waals surface area (Å²) in [6.45, 7) is 0. The fourth-order valence-corrected chi connectivity index (χ4v) is 2.43. The maximum atomic E-state index is 12.6. The Bertz CT molecular complexity index is 405. The van der Waals surface area contributed by atoms with Gasteiger partial charge in [-0.1, -0.05) is 54.9 Å². The van der Waals surface area contributed by atoms with E-state index >= 15 is 0 Å². The molecule has 0 heterocycles. The van der Waals surface area contributed by atoms with Gasteiger partial charge in [-0.05, 0) is 12.8 Å². The molecule has 0 aromatic heterocycles. The largest absolute Gasteiger partial charge is 0.419 e. The number of carbonyl (C=O) groups excluding carboxylic acids is 1. The SMILES string of the molecule is O=C(SCCCCCC(F)C(F)(F)F)c1ccccc1. The lowest BCUT2D eigenvalue weighted by Gasteiger charge is -2.11. The Morgan fingerprint density at radius 2 is 1.75 bits per heavy atom. The molecule has 1 unspecified atom stereocenters. The summed E-state index contributed by atoms with van der Waals surface area (Å²) in [4.78, 5) is 11.7. The number of rotatable bonds is 7. The zero-order valence-electron chi connectivity index (χ0n) is 10.8. The molecule has 0 radical (unpaired) electrons. The van der Waals surface area contributed by atoms with Gasteiger partial charge in [-0.25, -0.2) is 4.39 Å². The van der Waals surface area contributed by atoms with Crippen LogP contribution in [0.15, 0.2) is 30.3 Å². The van der Waals surface area contributed by atoms with Crippen LogP contribution in [0.2, 0.25) is 0 Å². The molecule has 20 heavy (non-hydrogen) atoms. The quantitative estimate of drug-likeness (QED) is 0.519. The second kappa shape index (κ2) is 8.29. The van der Waals surface area contributed by atoms with Gasteiger partial charge in [0.2, 0.25) is 5.12 Å². The van der Waals surface area contributed by atoms with Gasteiger partial charge in [0.25, 0.3) is 0 Å². The third-order valence-corrected chi connectivity index (χ3v) is 3.69. The summed E-state index contributed by atoms with van der Waals surface area (Å²) in [5.74, 6) is 0.538. The number of hydrogen-bond acceptors (Lipinski definition) is 2. The van der Waals surface area contributed by atoms with E-state index < -0.39 is 18.8 Å². The summed E-state index contributed by atoms with van der Waals surface area (Å²) < 4.78 is 48.3. The zero-order valence-corrected chi connectivity index (χ0v) is 11.6. The van der Waals surface area contributed by atoms with Crippen molar-refractivity contribution in [1.29, 1.82) is 0 Å². The molecule has 0 N–H and O–H groups in total. The Hall–Kier alpha value is -1.04. The van der Waals surface area contributed by atoms with Crippen LogP contribution in [-0.2, 0) is 0 Å². The topological polar surface area (TPSA) is 17.1 Å². The summed E-state index contributed by atoms with van der Waals surface area (Å²) in [6, 6.07) is 8.78. The maximum Gasteiger partial charge on any atom is 0.419 e. The Kier molecular flexibility index (Phi) is 7.05. The van der Waals surface area contributed by atoms with Crippen LogP contribution in [0.5, 0.6) is 0 Å². The molecule has 1 atom stereocenters. The fourth-order valence-electron chi connectivity index (χ4n) is 1.59. The van der Waals surface area contributed by atoms with E-state index in [4.69, 9.17) is 0 Å².